The van der Waals surface area contributed by atoms with Crippen LogP contribution < -0.4 is 11.3 Å². The first-order chi connectivity index (χ1) is 10.1. The van der Waals surface area contributed by atoms with E-state index >= 15 is 0 Å². The highest BCUT2D eigenvalue weighted by molar-refractivity contribution is 7.99. The maximum absolute atomic E-state index is 12.9. The first kappa shape index (κ1) is 16.0. The van der Waals surface area contributed by atoms with Gasteiger partial charge in [-0.2, -0.15) is 5.10 Å². The largest absolute Gasteiger partial charge is 0.271 e. The Morgan fingerprint density at radius 1 is 1.29 bits per heavy atom. The van der Waals surface area contributed by atoms with Crippen LogP contribution in [0.5, 0.6) is 0 Å². The highest BCUT2D eigenvalue weighted by Crippen LogP contribution is 2.20. The van der Waals surface area contributed by atoms with Gasteiger partial charge >= 0.3 is 0 Å². The molecular weight excluding hydrogens is 287 g/mol. The third-order valence-corrected chi connectivity index (χ3v) is 4.32. The van der Waals surface area contributed by atoms with Crippen molar-refractivity contribution in [2.45, 2.75) is 37.2 Å². The van der Waals surface area contributed by atoms with Crippen molar-refractivity contribution in [2.75, 3.05) is 5.75 Å². The molecular formula is C15H21FN4S. The van der Waals surface area contributed by atoms with E-state index in [2.05, 4.69) is 24.4 Å². The molecule has 2 rings (SSSR count). The summed E-state index contributed by atoms with van der Waals surface area (Å²) in [7, 11) is 0. The summed E-state index contributed by atoms with van der Waals surface area (Å²) < 4.78 is 14.8. The third kappa shape index (κ3) is 4.84. The van der Waals surface area contributed by atoms with Gasteiger partial charge in [-0.1, -0.05) is 0 Å². The Kier molecular flexibility index (Phi) is 5.78. The first-order valence-electron chi connectivity index (χ1n) is 6.97. The number of hydrogen-bond acceptors (Lipinski definition) is 4. The summed E-state index contributed by atoms with van der Waals surface area (Å²) in [5.41, 5.74) is 3.85. The van der Waals surface area contributed by atoms with Crippen molar-refractivity contribution in [2.24, 2.45) is 5.84 Å². The molecule has 0 fully saturated rings. The van der Waals surface area contributed by atoms with Gasteiger partial charge in [0.15, 0.2) is 0 Å². The summed E-state index contributed by atoms with van der Waals surface area (Å²) in [6, 6.07) is 9.00. The molecule has 0 aliphatic heterocycles. The van der Waals surface area contributed by atoms with Crippen molar-refractivity contribution in [3.05, 3.63) is 48.0 Å². The second kappa shape index (κ2) is 7.59. The molecule has 21 heavy (non-hydrogen) atoms. The molecule has 4 nitrogen and oxygen atoms in total. The second-order valence-corrected chi connectivity index (χ2v) is 6.31. The monoisotopic (exact) mass is 308 g/mol. The number of nitrogens with two attached hydrogens (primary N) is 1. The summed E-state index contributed by atoms with van der Waals surface area (Å²) in [5.74, 6) is 6.20. The van der Waals surface area contributed by atoms with Crippen molar-refractivity contribution in [1.82, 2.24) is 15.2 Å². The van der Waals surface area contributed by atoms with Gasteiger partial charge in [-0.15, -0.1) is 11.8 Å². The minimum absolute atomic E-state index is 0.121. The van der Waals surface area contributed by atoms with Crippen LogP contribution in [0.4, 0.5) is 4.39 Å². The van der Waals surface area contributed by atoms with E-state index in [1.807, 2.05) is 16.9 Å². The lowest BCUT2D eigenvalue weighted by atomic mass is 10.2. The second-order valence-electron chi connectivity index (χ2n) is 5.21. The number of thioether (sulfide) groups is 1. The van der Waals surface area contributed by atoms with Crippen LogP contribution in [-0.2, 0) is 6.42 Å². The molecule has 1 aromatic heterocycles. The average molecular weight is 308 g/mol. The van der Waals surface area contributed by atoms with E-state index in [0.29, 0.717) is 6.04 Å². The summed E-state index contributed by atoms with van der Waals surface area (Å²) >= 11 is 1.65. The Bertz CT molecular complexity index is 553. The van der Waals surface area contributed by atoms with Crippen LogP contribution in [0.1, 0.15) is 25.6 Å². The summed E-state index contributed by atoms with van der Waals surface area (Å²) in [4.78, 5) is 1.03. The Morgan fingerprint density at radius 2 is 2.00 bits per heavy atom. The molecule has 2 aromatic rings. The molecule has 6 heteroatoms. The van der Waals surface area contributed by atoms with Crippen LogP contribution in [0.3, 0.4) is 0 Å². The number of halogens is 1. The minimum atomic E-state index is -0.216. The maximum Gasteiger partial charge on any atom is 0.123 e. The molecule has 1 aromatic carbocycles. The molecule has 0 bridgehead atoms. The summed E-state index contributed by atoms with van der Waals surface area (Å²) in [6.45, 7) is 4.19. The number of nitrogens with zero attached hydrogens (tertiary/aromatic N) is 2. The van der Waals surface area contributed by atoms with E-state index in [1.54, 1.807) is 23.9 Å². The van der Waals surface area contributed by atoms with E-state index in [9.17, 15) is 4.39 Å². The van der Waals surface area contributed by atoms with Crippen LogP contribution in [0.2, 0.25) is 0 Å². The molecule has 0 radical (unpaired) electrons. The van der Waals surface area contributed by atoms with Gasteiger partial charge in [0.25, 0.3) is 0 Å². The van der Waals surface area contributed by atoms with Gasteiger partial charge in [0.2, 0.25) is 0 Å². The molecule has 0 amide bonds. The Morgan fingerprint density at radius 3 is 2.57 bits per heavy atom. The van der Waals surface area contributed by atoms with E-state index in [1.165, 1.54) is 12.1 Å². The van der Waals surface area contributed by atoms with E-state index in [4.69, 9.17) is 5.84 Å². The van der Waals surface area contributed by atoms with Crippen molar-refractivity contribution in [3.8, 4) is 0 Å². The van der Waals surface area contributed by atoms with Crippen molar-refractivity contribution in [1.29, 1.82) is 0 Å². The highest BCUT2D eigenvalue weighted by Gasteiger charge is 2.11. The van der Waals surface area contributed by atoms with Crippen LogP contribution in [-0.4, -0.2) is 21.6 Å². The standard InChI is InChI=1S/C15H21FN4S/c1-11(2)20-8-7-13(19-20)9-14(18-17)10-21-15-5-3-12(16)4-6-15/h3-8,11,14,18H,9-10,17H2,1-2H3. The Balaban J connectivity index is 1.88. The molecule has 0 saturated carbocycles. The first-order valence-corrected chi connectivity index (χ1v) is 7.95. The van der Waals surface area contributed by atoms with Crippen LogP contribution in [0, 0.1) is 5.82 Å². The fraction of sp³-hybridized carbons (Fsp3) is 0.400. The van der Waals surface area contributed by atoms with Gasteiger partial charge in [-0.25, -0.2) is 4.39 Å². The van der Waals surface area contributed by atoms with E-state index in [0.717, 1.165) is 22.8 Å². The SMILES string of the molecule is CC(C)n1ccc(CC(CSc2ccc(F)cc2)NN)n1. The molecule has 0 aliphatic carbocycles. The number of aromatic nitrogens is 2. The number of benzene rings is 1. The molecule has 3 N–H and O–H groups in total. The predicted molar refractivity (Wildman–Crippen MR) is 84.6 cm³/mol. The van der Waals surface area contributed by atoms with Crippen LogP contribution in [0.25, 0.3) is 0 Å². The van der Waals surface area contributed by atoms with Gasteiger partial charge in [-0.05, 0) is 44.2 Å². The van der Waals surface area contributed by atoms with Gasteiger partial charge in [0.1, 0.15) is 5.82 Å². The van der Waals surface area contributed by atoms with Crippen molar-refractivity contribution >= 4 is 11.8 Å². The van der Waals surface area contributed by atoms with Gasteiger partial charge in [0.05, 0.1) is 5.69 Å². The lowest BCUT2D eigenvalue weighted by molar-refractivity contribution is 0.513. The average Bonchev–Trinajstić information content (AvgIpc) is 2.94. The van der Waals surface area contributed by atoms with Crippen LogP contribution in [0.15, 0.2) is 41.4 Å². The number of nitrogens with one attached hydrogen (secondary N) is 1. The van der Waals surface area contributed by atoms with Gasteiger partial charge < -0.3 is 0 Å². The van der Waals surface area contributed by atoms with Gasteiger partial charge in [-0.3, -0.25) is 16.0 Å². The molecule has 1 heterocycles. The zero-order valence-corrected chi connectivity index (χ0v) is 13.1. The smallest absolute Gasteiger partial charge is 0.123 e. The molecule has 114 valence electrons. The molecule has 0 spiro atoms. The number of hydrazine groups is 1. The Hall–Kier alpha value is -1.37. The van der Waals surface area contributed by atoms with E-state index in [-0.39, 0.29) is 11.9 Å². The van der Waals surface area contributed by atoms with E-state index < -0.39 is 0 Å². The van der Waals surface area contributed by atoms with Gasteiger partial charge in [0, 0.05) is 35.3 Å². The van der Waals surface area contributed by atoms with Crippen molar-refractivity contribution in [3.63, 3.8) is 0 Å². The predicted octanol–water partition coefficient (Wildman–Crippen LogP) is 2.77. The number of hydrogen-bond donors (Lipinski definition) is 2. The quantitative estimate of drug-likeness (QED) is 0.469. The fourth-order valence-electron chi connectivity index (χ4n) is 1.92. The van der Waals surface area contributed by atoms with Crippen molar-refractivity contribution < 1.29 is 4.39 Å². The topological polar surface area (TPSA) is 55.9 Å². The normalized spacial score (nSPS) is 12.8. The highest BCUT2D eigenvalue weighted by atomic mass is 32.2. The molecule has 0 saturated heterocycles. The zero-order valence-electron chi connectivity index (χ0n) is 12.3. The maximum atomic E-state index is 12.9. The minimum Gasteiger partial charge on any atom is -0.271 e. The zero-order chi connectivity index (χ0) is 15.2. The fourth-order valence-corrected chi connectivity index (χ4v) is 2.86. The lowest BCUT2D eigenvalue weighted by Crippen LogP contribution is -2.38. The molecule has 1 unspecified atom stereocenters. The third-order valence-electron chi connectivity index (χ3n) is 3.15. The summed E-state index contributed by atoms with van der Waals surface area (Å²) in [5, 5.41) is 4.53. The molecule has 0 aliphatic rings. The lowest BCUT2D eigenvalue weighted by Gasteiger charge is -2.14. The number of rotatable bonds is 7. The molecule has 1 atom stereocenters. The Labute approximate surface area is 128 Å². The van der Waals surface area contributed by atoms with Crippen LogP contribution >= 0.6 is 11.8 Å². The summed E-state index contributed by atoms with van der Waals surface area (Å²) in [6.07, 6.45) is 2.76.